The number of piperazine rings is 1. The van der Waals surface area contributed by atoms with Gasteiger partial charge in [-0.2, -0.15) is 0 Å². The number of benzene rings is 1. The molecule has 0 radical (unpaired) electrons. The smallest absolute Gasteiger partial charge is 0.410 e. The second-order valence-electron chi connectivity index (χ2n) is 9.99. The van der Waals surface area contributed by atoms with E-state index in [1.54, 1.807) is 35.5 Å². The van der Waals surface area contributed by atoms with Crippen molar-refractivity contribution >= 4 is 63.4 Å². The number of aromatic amines is 1. The van der Waals surface area contributed by atoms with Crippen molar-refractivity contribution < 1.29 is 14.3 Å². The van der Waals surface area contributed by atoms with E-state index in [0.29, 0.717) is 40.3 Å². The normalized spacial score (nSPS) is 18.3. The summed E-state index contributed by atoms with van der Waals surface area (Å²) in [4.78, 5) is 36.7. The standard InChI is InChI=1S/C25H30Cl2N6O3/c1-14-12-32(13-15(2)33(14)24(35)36-25(3,4)5)22-19(27)9-17(10-29-22)30-23(34)31-21-11-28-20-7-6-16(26)8-18(20)21/h6-11,14-15,28H,12-13H2,1-5H3,(H2,30,31,34). The predicted molar refractivity (Wildman–Crippen MR) is 144 cm³/mol. The Kier molecular flexibility index (Phi) is 7.24. The summed E-state index contributed by atoms with van der Waals surface area (Å²) in [5, 5.41) is 7.35. The van der Waals surface area contributed by atoms with Crippen LogP contribution in [-0.4, -0.2) is 57.8 Å². The van der Waals surface area contributed by atoms with Crippen LogP contribution in [0, 0.1) is 0 Å². The molecule has 1 fully saturated rings. The van der Waals surface area contributed by atoms with Crippen molar-refractivity contribution in [3.63, 3.8) is 0 Å². The van der Waals surface area contributed by atoms with Gasteiger partial charge in [0.15, 0.2) is 0 Å². The number of H-pyrrole nitrogens is 1. The molecular formula is C25H30Cl2N6O3. The van der Waals surface area contributed by atoms with Gasteiger partial charge in [-0.05, 0) is 58.9 Å². The molecule has 9 nitrogen and oxygen atoms in total. The number of urea groups is 1. The summed E-state index contributed by atoms with van der Waals surface area (Å²) in [5.74, 6) is 0.594. The average molecular weight is 533 g/mol. The molecule has 2 aromatic heterocycles. The second kappa shape index (κ2) is 10.1. The minimum Gasteiger partial charge on any atom is -0.444 e. The van der Waals surface area contributed by atoms with Crippen LogP contribution in [0.25, 0.3) is 10.9 Å². The van der Waals surface area contributed by atoms with Crippen LogP contribution in [0.2, 0.25) is 10.0 Å². The molecule has 3 heterocycles. The molecule has 1 saturated heterocycles. The Hall–Kier alpha value is -3.17. The number of nitrogens with zero attached hydrogens (tertiary/aromatic N) is 3. The number of carbonyl (C=O) groups excluding carboxylic acids is 2. The molecule has 0 spiro atoms. The van der Waals surface area contributed by atoms with Gasteiger partial charge in [0.2, 0.25) is 0 Å². The zero-order valence-corrected chi connectivity index (χ0v) is 22.4. The lowest BCUT2D eigenvalue weighted by Crippen LogP contribution is -2.59. The third-order valence-electron chi connectivity index (χ3n) is 5.79. The number of aromatic nitrogens is 2. The van der Waals surface area contributed by atoms with Crippen LogP contribution in [0.3, 0.4) is 0 Å². The summed E-state index contributed by atoms with van der Waals surface area (Å²) >= 11 is 12.6. The largest absolute Gasteiger partial charge is 0.444 e. The third kappa shape index (κ3) is 5.79. The van der Waals surface area contributed by atoms with Gasteiger partial charge in [0.05, 0.1) is 34.7 Å². The number of hydrogen-bond acceptors (Lipinski definition) is 5. The molecule has 0 aliphatic carbocycles. The summed E-state index contributed by atoms with van der Waals surface area (Å²) < 4.78 is 5.57. The first-order valence-corrected chi connectivity index (χ1v) is 12.4. The average Bonchev–Trinajstić information content (AvgIpc) is 3.13. The molecule has 0 bridgehead atoms. The maximum Gasteiger partial charge on any atom is 0.410 e. The topological polar surface area (TPSA) is 103 Å². The minimum atomic E-state index is -0.561. The Balaban J connectivity index is 1.41. The first-order chi connectivity index (χ1) is 16.9. The van der Waals surface area contributed by atoms with Gasteiger partial charge in [0.1, 0.15) is 11.4 Å². The number of hydrogen-bond donors (Lipinski definition) is 3. The highest BCUT2D eigenvalue weighted by Crippen LogP contribution is 2.31. The lowest BCUT2D eigenvalue weighted by molar-refractivity contribution is 0.00560. The summed E-state index contributed by atoms with van der Waals surface area (Å²) in [7, 11) is 0. The van der Waals surface area contributed by atoms with E-state index in [0.717, 1.165) is 10.9 Å². The SMILES string of the molecule is CC1CN(c2ncc(NC(=O)Nc3c[nH]c4ccc(Cl)cc34)cc2Cl)CC(C)N1C(=O)OC(C)(C)C. The van der Waals surface area contributed by atoms with Crippen molar-refractivity contribution in [1.29, 1.82) is 0 Å². The highest BCUT2D eigenvalue weighted by molar-refractivity contribution is 6.33. The summed E-state index contributed by atoms with van der Waals surface area (Å²) in [6, 6.07) is 6.42. The molecule has 3 N–H and O–H groups in total. The van der Waals surface area contributed by atoms with Gasteiger partial charge in [0, 0.05) is 35.2 Å². The fourth-order valence-corrected chi connectivity index (χ4v) is 4.84. The first-order valence-electron chi connectivity index (χ1n) is 11.7. The Labute approximate surface area is 220 Å². The summed E-state index contributed by atoms with van der Waals surface area (Å²) in [6.45, 7) is 10.6. The molecule has 192 valence electrons. The van der Waals surface area contributed by atoms with E-state index in [1.165, 1.54) is 0 Å². The number of halogens is 2. The summed E-state index contributed by atoms with van der Waals surface area (Å²) in [5.41, 5.74) is 1.35. The van der Waals surface area contributed by atoms with Crippen molar-refractivity contribution in [3.8, 4) is 0 Å². The maximum absolute atomic E-state index is 12.7. The van der Waals surface area contributed by atoms with E-state index in [9.17, 15) is 9.59 Å². The van der Waals surface area contributed by atoms with Gasteiger partial charge in [-0.1, -0.05) is 23.2 Å². The number of amides is 3. The van der Waals surface area contributed by atoms with Crippen molar-refractivity contribution in [3.05, 3.63) is 46.7 Å². The van der Waals surface area contributed by atoms with Crippen molar-refractivity contribution in [1.82, 2.24) is 14.9 Å². The van der Waals surface area contributed by atoms with Crippen LogP contribution >= 0.6 is 23.2 Å². The minimum absolute atomic E-state index is 0.102. The Morgan fingerprint density at radius 3 is 2.44 bits per heavy atom. The Bertz CT molecular complexity index is 1280. The molecule has 2 unspecified atom stereocenters. The van der Waals surface area contributed by atoms with Gasteiger partial charge in [-0.25, -0.2) is 14.6 Å². The van der Waals surface area contributed by atoms with Gasteiger partial charge in [0.25, 0.3) is 0 Å². The van der Waals surface area contributed by atoms with Crippen molar-refractivity contribution in [2.45, 2.75) is 52.3 Å². The molecule has 1 aromatic carbocycles. The predicted octanol–water partition coefficient (Wildman–Crippen LogP) is 6.35. The third-order valence-corrected chi connectivity index (χ3v) is 6.31. The Morgan fingerprint density at radius 1 is 1.11 bits per heavy atom. The number of anilines is 3. The van der Waals surface area contributed by atoms with Crippen molar-refractivity contribution in [2.24, 2.45) is 0 Å². The van der Waals surface area contributed by atoms with E-state index in [1.807, 2.05) is 45.6 Å². The molecule has 1 aliphatic rings. The molecule has 1 aliphatic heterocycles. The van der Waals surface area contributed by atoms with Gasteiger partial charge in [-0.3, -0.25) is 4.90 Å². The molecule has 3 aromatic rings. The number of ether oxygens (including phenoxy) is 1. The molecule has 2 atom stereocenters. The van der Waals surface area contributed by atoms with Gasteiger partial charge < -0.3 is 25.3 Å². The quantitative estimate of drug-likeness (QED) is 0.364. The lowest BCUT2D eigenvalue weighted by atomic mass is 10.1. The van der Waals surface area contributed by atoms with E-state index >= 15 is 0 Å². The zero-order valence-electron chi connectivity index (χ0n) is 20.9. The second-order valence-corrected chi connectivity index (χ2v) is 10.8. The molecule has 3 amide bonds. The van der Waals surface area contributed by atoms with E-state index in [-0.39, 0.29) is 18.2 Å². The number of pyridine rings is 1. The number of fused-ring (bicyclic) bond motifs is 1. The van der Waals surface area contributed by atoms with E-state index in [4.69, 9.17) is 27.9 Å². The zero-order chi connectivity index (χ0) is 26.2. The number of rotatable bonds is 3. The van der Waals surface area contributed by atoms with Crippen molar-refractivity contribution in [2.75, 3.05) is 28.6 Å². The highest BCUT2D eigenvalue weighted by Gasteiger charge is 2.36. The highest BCUT2D eigenvalue weighted by atomic mass is 35.5. The number of carbonyl (C=O) groups is 2. The van der Waals surface area contributed by atoms with E-state index < -0.39 is 11.6 Å². The van der Waals surface area contributed by atoms with Gasteiger partial charge >= 0.3 is 12.1 Å². The van der Waals surface area contributed by atoms with Crippen LogP contribution in [0.5, 0.6) is 0 Å². The molecule has 36 heavy (non-hydrogen) atoms. The maximum atomic E-state index is 12.7. The van der Waals surface area contributed by atoms with Gasteiger partial charge in [-0.15, -0.1) is 0 Å². The molecular weight excluding hydrogens is 503 g/mol. The monoisotopic (exact) mass is 532 g/mol. The number of nitrogens with one attached hydrogen (secondary N) is 3. The fraction of sp³-hybridized carbons (Fsp3) is 0.400. The van der Waals surface area contributed by atoms with Crippen LogP contribution in [-0.2, 0) is 4.74 Å². The lowest BCUT2D eigenvalue weighted by Gasteiger charge is -2.45. The summed E-state index contributed by atoms with van der Waals surface area (Å²) in [6.07, 6.45) is 2.93. The fourth-order valence-electron chi connectivity index (χ4n) is 4.38. The first kappa shape index (κ1) is 25.9. The van der Waals surface area contributed by atoms with Crippen LogP contribution in [0.4, 0.5) is 26.8 Å². The van der Waals surface area contributed by atoms with E-state index in [2.05, 4.69) is 20.6 Å². The molecule has 0 saturated carbocycles. The molecule has 11 heteroatoms. The Morgan fingerprint density at radius 2 is 1.81 bits per heavy atom. The van der Waals surface area contributed by atoms with Crippen LogP contribution in [0.15, 0.2) is 36.7 Å². The van der Waals surface area contributed by atoms with Crippen LogP contribution < -0.4 is 15.5 Å². The van der Waals surface area contributed by atoms with Crippen LogP contribution in [0.1, 0.15) is 34.6 Å². The molecule has 4 rings (SSSR count).